The van der Waals surface area contributed by atoms with Crippen LogP contribution in [-0.4, -0.2) is 45.1 Å². The predicted molar refractivity (Wildman–Crippen MR) is 70.0 cm³/mol. The molecule has 0 radical (unpaired) electrons. The number of anilines is 1. The number of carboxylic acid groups (broad SMARTS) is 1. The van der Waals surface area contributed by atoms with Crippen LogP contribution in [0.15, 0.2) is 6.20 Å². The molecule has 2 aliphatic heterocycles. The van der Waals surface area contributed by atoms with Crippen molar-refractivity contribution < 1.29 is 9.90 Å². The summed E-state index contributed by atoms with van der Waals surface area (Å²) in [7, 11) is 2.18. The van der Waals surface area contributed by atoms with E-state index >= 15 is 0 Å². The largest absolute Gasteiger partial charge is 0.477 e. The molecule has 19 heavy (non-hydrogen) atoms. The summed E-state index contributed by atoms with van der Waals surface area (Å²) in [4.78, 5) is 21.8. The first-order valence-electron chi connectivity index (χ1n) is 6.64. The van der Waals surface area contributed by atoms with Gasteiger partial charge in [0.1, 0.15) is 17.2 Å². The van der Waals surface area contributed by atoms with Crippen LogP contribution in [0.5, 0.6) is 0 Å². The van der Waals surface area contributed by atoms with Gasteiger partial charge in [-0.15, -0.1) is 0 Å². The number of rotatable bonds is 2. The molecule has 0 amide bonds. The van der Waals surface area contributed by atoms with Gasteiger partial charge in [-0.05, 0) is 32.7 Å². The standard InChI is InChI=1S/C13H18N4O2/c1-17-8-2-3-9(17)5-7(4-8)12-15-6-10(13(18)19)11(14)16-12/h6-9H,2-5H2,1H3,(H,18,19)(H2,14,15,16). The summed E-state index contributed by atoms with van der Waals surface area (Å²) in [5, 5.41) is 8.93. The van der Waals surface area contributed by atoms with Crippen molar-refractivity contribution in [2.75, 3.05) is 12.8 Å². The second kappa shape index (κ2) is 4.45. The summed E-state index contributed by atoms with van der Waals surface area (Å²) in [6, 6.07) is 1.21. The molecule has 2 aliphatic rings. The Hall–Kier alpha value is -1.69. The molecule has 2 unspecified atom stereocenters. The van der Waals surface area contributed by atoms with E-state index in [-0.39, 0.29) is 11.4 Å². The lowest BCUT2D eigenvalue weighted by atomic mass is 9.90. The molecule has 2 bridgehead atoms. The van der Waals surface area contributed by atoms with Crippen LogP contribution >= 0.6 is 0 Å². The number of nitrogens with two attached hydrogens (primary N) is 1. The van der Waals surface area contributed by atoms with Gasteiger partial charge in [-0.3, -0.25) is 0 Å². The summed E-state index contributed by atoms with van der Waals surface area (Å²) in [6.07, 6.45) is 5.89. The van der Waals surface area contributed by atoms with E-state index in [1.807, 2.05) is 0 Å². The van der Waals surface area contributed by atoms with Crippen molar-refractivity contribution in [3.05, 3.63) is 17.6 Å². The first kappa shape index (κ1) is 12.3. The van der Waals surface area contributed by atoms with Crippen LogP contribution in [0.1, 0.15) is 47.8 Å². The third-order valence-corrected chi connectivity index (χ3v) is 4.53. The van der Waals surface area contributed by atoms with E-state index < -0.39 is 5.97 Å². The van der Waals surface area contributed by atoms with Gasteiger partial charge in [-0.25, -0.2) is 14.8 Å². The summed E-state index contributed by atoms with van der Waals surface area (Å²) < 4.78 is 0. The van der Waals surface area contributed by atoms with Crippen LogP contribution < -0.4 is 5.73 Å². The van der Waals surface area contributed by atoms with Gasteiger partial charge in [0.15, 0.2) is 0 Å². The topological polar surface area (TPSA) is 92.3 Å². The minimum absolute atomic E-state index is 0.0142. The number of hydrogen-bond acceptors (Lipinski definition) is 5. The zero-order valence-electron chi connectivity index (χ0n) is 10.9. The van der Waals surface area contributed by atoms with Crippen molar-refractivity contribution in [2.45, 2.75) is 43.7 Å². The van der Waals surface area contributed by atoms with Gasteiger partial charge in [0.05, 0.1) is 0 Å². The second-order valence-corrected chi connectivity index (χ2v) is 5.55. The molecule has 2 fully saturated rings. The van der Waals surface area contributed by atoms with Crippen molar-refractivity contribution in [1.82, 2.24) is 14.9 Å². The molecule has 6 heteroatoms. The Kier molecular flexibility index (Phi) is 2.89. The van der Waals surface area contributed by atoms with Crippen LogP contribution in [0.2, 0.25) is 0 Å². The van der Waals surface area contributed by atoms with E-state index in [2.05, 4.69) is 21.9 Å². The van der Waals surface area contributed by atoms with Crippen LogP contribution in [0.3, 0.4) is 0 Å². The Balaban J connectivity index is 1.84. The average molecular weight is 262 g/mol. The molecular weight excluding hydrogens is 244 g/mol. The summed E-state index contributed by atoms with van der Waals surface area (Å²) >= 11 is 0. The number of carbonyl (C=O) groups is 1. The number of nitrogens with zero attached hydrogens (tertiary/aromatic N) is 3. The maximum Gasteiger partial charge on any atom is 0.341 e. The van der Waals surface area contributed by atoms with Gasteiger partial charge >= 0.3 is 5.97 Å². The maximum atomic E-state index is 10.9. The molecule has 0 saturated carbocycles. The van der Waals surface area contributed by atoms with Gasteiger partial charge in [0, 0.05) is 24.2 Å². The second-order valence-electron chi connectivity index (χ2n) is 5.55. The SMILES string of the molecule is CN1C2CCC1CC(c1ncc(C(=O)O)c(N)n1)C2. The lowest BCUT2D eigenvalue weighted by Crippen LogP contribution is -2.39. The van der Waals surface area contributed by atoms with Crippen LogP contribution in [-0.2, 0) is 0 Å². The lowest BCUT2D eigenvalue weighted by Gasteiger charge is -2.35. The number of carboxylic acids is 1. The smallest absolute Gasteiger partial charge is 0.341 e. The first-order valence-corrected chi connectivity index (χ1v) is 6.64. The number of hydrogen-bond donors (Lipinski definition) is 2. The van der Waals surface area contributed by atoms with E-state index in [0.29, 0.717) is 23.8 Å². The molecule has 3 rings (SSSR count). The molecule has 2 saturated heterocycles. The highest BCUT2D eigenvalue weighted by molar-refractivity contribution is 5.92. The number of nitrogen functional groups attached to an aromatic ring is 1. The number of aromatic nitrogens is 2. The summed E-state index contributed by atoms with van der Waals surface area (Å²) in [5.74, 6) is 0.00242. The van der Waals surface area contributed by atoms with Crippen molar-refractivity contribution in [2.24, 2.45) is 0 Å². The molecule has 6 nitrogen and oxygen atoms in total. The molecular formula is C13H18N4O2. The molecule has 1 aromatic heterocycles. The predicted octanol–water partition coefficient (Wildman–Crippen LogP) is 1.10. The van der Waals surface area contributed by atoms with Gasteiger partial charge in [-0.1, -0.05) is 0 Å². The molecule has 102 valence electrons. The Morgan fingerprint density at radius 3 is 2.58 bits per heavy atom. The fourth-order valence-electron chi connectivity index (χ4n) is 3.39. The van der Waals surface area contributed by atoms with Crippen molar-refractivity contribution in [3.63, 3.8) is 0 Å². The number of piperidine rings is 1. The normalized spacial score (nSPS) is 30.5. The van der Waals surface area contributed by atoms with E-state index in [1.54, 1.807) is 0 Å². The average Bonchev–Trinajstić information content (AvgIpc) is 2.61. The highest BCUT2D eigenvalue weighted by Gasteiger charge is 2.39. The molecule has 3 heterocycles. The Morgan fingerprint density at radius 2 is 2.05 bits per heavy atom. The fraction of sp³-hybridized carbons (Fsp3) is 0.615. The van der Waals surface area contributed by atoms with Gasteiger partial charge in [-0.2, -0.15) is 0 Å². The van der Waals surface area contributed by atoms with Gasteiger partial charge < -0.3 is 15.7 Å². The van der Waals surface area contributed by atoms with E-state index in [4.69, 9.17) is 10.8 Å². The molecule has 0 aromatic carbocycles. The third kappa shape index (κ3) is 2.06. The van der Waals surface area contributed by atoms with Crippen molar-refractivity contribution in [3.8, 4) is 0 Å². The lowest BCUT2D eigenvalue weighted by molar-refractivity contribution is 0.0697. The highest BCUT2D eigenvalue weighted by atomic mass is 16.4. The maximum absolute atomic E-state index is 10.9. The minimum Gasteiger partial charge on any atom is -0.477 e. The molecule has 3 N–H and O–H groups in total. The molecule has 0 aliphatic carbocycles. The van der Waals surface area contributed by atoms with Gasteiger partial charge in [0.2, 0.25) is 0 Å². The third-order valence-electron chi connectivity index (χ3n) is 4.53. The van der Waals surface area contributed by atoms with Gasteiger partial charge in [0.25, 0.3) is 0 Å². The van der Waals surface area contributed by atoms with Crippen LogP contribution in [0.25, 0.3) is 0 Å². The monoisotopic (exact) mass is 262 g/mol. The van der Waals surface area contributed by atoms with E-state index in [9.17, 15) is 4.79 Å². The highest BCUT2D eigenvalue weighted by Crippen LogP contribution is 2.41. The quantitative estimate of drug-likeness (QED) is 0.829. The molecule has 2 atom stereocenters. The fourth-order valence-corrected chi connectivity index (χ4v) is 3.39. The molecule has 1 aromatic rings. The van der Waals surface area contributed by atoms with E-state index in [0.717, 1.165) is 12.8 Å². The Labute approximate surface area is 111 Å². The van der Waals surface area contributed by atoms with Crippen molar-refractivity contribution >= 4 is 11.8 Å². The van der Waals surface area contributed by atoms with E-state index in [1.165, 1.54) is 19.0 Å². The van der Waals surface area contributed by atoms with Crippen molar-refractivity contribution in [1.29, 1.82) is 0 Å². The zero-order valence-corrected chi connectivity index (χ0v) is 10.9. The van der Waals surface area contributed by atoms with Crippen LogP contribution in [0, 0.1) is 0 Å². The zero-order chi connectivity index (χ0) is 13.6. The summed E-state index contributed by atoms with van der Waals surface area (Å²) in [6.45, 7) is 0. The first-order chi connectivity index (χ1) is 9.06. The molecule has 0 spiro atoms. The summed E-state index contributed by atoms with van der Waals surface area (Å²) in [5.41, 5.74) is 5.68. The number of fused-ring (bicyclic) bond motifs is 2. The Bertz CT molecular complexity index is 505. The number of aromatic carboxylic acids is 1. The van der Waals surface area contributed by atoms with Crippen LogP contribution in [0.4, 0.5) is 5.82 Å². The minimum atomic E-state index is -1.08. The Morgan fingerprint density at radius 1 is 1.42 bits per heavy atom.